The number of ether oxygens (including phenoxy) is 1. The molecule has 2 N–H and O–H groups in total. The molecule has 8 nitrogen and oxygen atoms in total. The highest BCUT2D eigenvalue weighted by molar-refractivity contribution is 6.06. The van der Waals surface area contributed by atoms with Gasteiger partial charge in [-0.15, -0.1) is 0 Å². The number of benzene rings is 1. The molecule has 0 bridgehead atoms. The van der Waals surface area contributed by atoms with Crippen molar-refractivity contribution in [1.82, 2.24) is 10.2 Å². The van der Waals surface area contributed by atoms with Gasteiger partial charge in [-0.3, -0.25) is 25.0 Å². The summed E-state index contributed by atoms with van der Waals surface area (Å²) in [5.41, 5.74) is 1.10. The Morgan fingerprint density at radius 3 is 2.59 bits per heavy atom. The number of rotatable bonds is 2. The fraction of sp³-hybridized carbons (Fsp3) is 0.474. The second kappa shape index (κ2) is 6.68. The topological polar surface area (TPSA) is 105 Å². The third-order valence-corrected chi connectivity index (χ3v) is 4.57. The van der Waals surface area contributed by atoms with Crippen molar-refractivity contribution in [2.75, 3.05) is 5.32 Å². The number of piperidine rings is 1. The Balaban J connectivity index is 1.80. The Hall–Kier alpha value is -2.90. The SMILES string of the molecule is C[C@@H]1c2cc(NC(=O)OC(C)(C)C)ccc2C(=O)N1[C@H]1CCC(=O)NC1=O. The lowest BCUT2D eigenvalue weighted by molar-refractivity contribution is -0.137. The molecule has 0 spiro atoms. The first-order valence-electron chi connectivity index (χ1n) is 8.87. The highest BCUT2D eigenvalue weighted by Crippen LogP contribution is 2.37. The maximum absolute atomic E-state index is 12.8. The van der Waals surface area contributed by atoms with Gasteiger partial charge < -0.3 is 9.64 Å². The lowest BCUT2D eigenvalue weighted by atomic mass is 10.0. The normalized spacial score (nSPS) is 22.4. The van der Waals surface area contributed by atoms with Gasteiger partial charge in [0, 0.05) is 17.7 Å². The predicted octanol–water partition coefficient (Wildman–Crippen LogP) is 2.36. The molecule has 2 heterocycles. The van der Waals surface area contributed by atoms with Crippen LogP contribution in [0.1, 0.15) is 62.5 Å². The van der Waals surface area contributed by atoms with Crippen LogP contribution < -0.4 is 10.6 Å². The van der Waals surface area contributed by atoms with Gasteiger partial charge in [0.1, 0.15) is 11.6 Å². The monoisotopic (exact) mass is 373 g/mol. The number of amides is 4. The van der Waals surface area contributed by atoms with Crippen molar-refractivity contribution < 1.29 is 23.9 Å². The molecule has 0 unspecified atom stereocenters. The van der Waals surface area contributed by atoms with Gasteiger partial charge >= 0.3 is 6.09 Å². The molecule has 0 aliphatic carbocycles. The zero-order valence-electron chi connectivity index (χ0n) is 15.8. The summed E-state index contributed by atoms with van der Waals surface area (Å²) in [5, 5.41) is 4.95. The summed E-state index contributed by atoms with van der Waals surface area (Å²) in [6.45, 7) is 7.14. The van der Waals surface area contributed by atoms with E-state index in [9.17, 15) is 19.2 Å². The van der Waals surface area contributed by atoms with E-state index in [1.807, 2.05) is 6.92 Å². The van der Waals surface area contributed by atoms with E-state index in [4.69, 9.17) is 4.74 Å². The van der Waals surface area contributed by atoms with Crippen LogP contribution in [0.4, 0.5) is 10.5 Å². The van der Waals surface area contributed by atoms with E-state index in [-0.39, 0.29) is 24.3 Å². The minimum Gasteiger partial charge on any atom is -0.444 e. The van der Waals surface area contributed by atoms with Gasteiger partial charge in [-0.05, 0) is 57.9 Å². The van der Waals surface area contributed by atoms with E-state index in [0.717, 1.165) is 5.56 Å². The lowest BCUT2D eigenvalue weighted by Crippen LogP contribution is -2.53. The molecule has 2 atom stereocenters. The van der Waals surface area contributed by atoms with Crippen LogP contribution in [0.3, 0.4) is 0 Å². The predicted molar refractivity (Wildman–Crippen MR) is 97.1 cm³/mol. The average Bonchev–Trinajstić information content (AvgIpc) is 2.77. The zero-order chi connectivity index (χ0) is 19.9. The van der Waals surface area contributed by atoms with Crippen molar-refractivity contribution >= 4 is 29.5 Å². The molecule has 1 fully saturated rings. The van der Waals surface area contributed by atoms with Crippen molar-refractivity contribution in [3.05, 3.63) is 29.3 Å². The number of anilines is 1. The van der Waals surface area contributed by atoms with Crippen LogP contribution in [0.2, 0.25) is 0 Å². The van der Waals surface area contributed by atoms with Crippen LogP contribution in [0.15, 0.2) is 18.2 Å². The summed E-state index contributed by atoms with van der Waals surface area (Å²) in [5.74, 6) is -1.03. The molecule has 1 aromatic rings. The summed E-state index contributed by atoms with van der Waals surface area (Å²) in [6.07, 6.45) is -0.0756. The molecular weight excluding hydrogens is 350 g/mol. The average molecular weight is 373 g/mol. The number of nitrogens with one attached hydrogen (secondary N) is 2. The van der Waals surface area contributed by atoms with Gasteiger partial charge in [0.15, 0.2) is 0 Å². The molecular formula is C19H23N3O5. The third kappa shape index (κ3) is 3.79. The molecule has 0 saturated carbocycles. The first kappa shape index (κ1) is 18.9. The van der Waals surface area contributed by atoms with Gasteiger partial charge in [-0.25, -0.2) is 4.79 Å². The van der Waals surface area contributed by atoms with E-state index in [2.05, 4.69) is 10.6 Å². The van der Waals surface area contributed by atoms with Crippen LogP contribution in [0.5, 0.6) is 0 Å². The largest absolute Gasteiger partial charge is 0.444 e. The Labute approximate surface area is 157 Å². The van der Waals surface area contributed by atoms with Crippen molar-refractivity contribution in [3.63, 3.8) is 0 Å². The number of fused-ring (bicyclic) bond motifs is 1. The van der Waals surface area contributed by atoms with Crippen molar-refractivity contribution in [2.45, 2.75) is 58.2 Å². The smallest absolute Gasteiger partial charge is 0.412 e. The van der Waals surface area contributed by atoms with E-state index in [1.165, 1.54) is 4.90 Å². The van der Waals surface area contributed by atoms with E-state index < -0.39 is 23.6 Å². The summed E-state index contributed by atoms with van der Waals surface area (Å²) in [4.78, 5) is 49.8. The second-order valence-corrected chi connectivity index (χ2v) is 7.78. The standard InChI is InChI=1S/C19H23N3O5/c1-10-13-9-11(20-18(26)27-19(2,3)4)5-6-12(13)17(25)22(10)14-7-8-15(23)21-16(14)24/h5-6,9-10,14H,7-8H2,1-4H3,(H,20,26)(H,21,23,24)/t10-,14+/m1/s1. The molecule has 0 radical (unpaired) electrons. The molecule has 4 amide bonds. The molecule has 2 aliphatic heterocycles. The van der Waals surface area contributed by atoms with Crippen LogP contribution in [-0.2, 0) is 14.3 Å². The number of carbonyl (C=O) groups is 4. The summed E-state index contributed by atoms with van der Waals surface area (Å²) in [7, 11) is 0. The summed E-state index contributed by atoms with van der Waals surface area (Å²) in [6, 6.07) is 3.94. The van der Waals surface area contributed by atoms with Gasteiger partial charge in [-0.1, -0.05) is 0 Å². The first-order valence-corrected chi connectivity index (χ1v) is 8.87. The Bertz CT molecular complexity index is 827. The lowest BCUT2D eigenvalue weighted by Gasteiger charge is -2.32. The quantitative estimate of drug-likeness (QED) is 0.775. The number of nitrogens with zero attached hydrogens (tertiary/aromatic N) is 1. The van der Waals surface area contributed by atoms with Crippen molar-refractivity contribution in [1.29, 1.82) is 0 Å². The molecule has 144 valence electrons. The molecule has 2 aliphatic rings. The molecule has 0 aromatic heterocycles. The zero-order valence-corrected chi connectivity index (χ0v) is 15.8. The number of imide groups is 1. The fourth-order valence-electron chi connectivity index (χ4n) is 3.43. The Morgan fingerprint density at radius 2 is 1.96 bits per heavy atom. The second-order valence-electron chi connectivity index (χ2n) is 7.78. The number of carbonyl (C=O) groups excluding carboxylic acids is 4. The van der Waals surface area contributed by atoms with Crippen LogP contribution in [0, 0.1) is 0 Å². The Kier molecular flexibility index (Phi) is 4.67. The van der Waals surface area contributed by atoms with Crippen molar-refractivity contribution in [2.24, 2.45) is 0 Å². The minimum atomic E-state index is -0.681. The van der Waals surface area contributed by atoms with Gasteiger partial charge in [0.2, 0.25) is 11.8 Å². The summed E-state index contributed by atoms with van der Waals surface area (Å²) >= 11 is 0. The molecule has 1 aromatic carbocycles. The third-order valence-electron chi connectivity index (χ3n) is 4.57. The highest BCUT2D eigenvalue weighted by atomic mass is 16.6. The van der Waals surface area contributed by atoms with Gasteiger partial charge in [0.25, 0.3) is 5.91 Å². The van der Waals surface area contributed by atoms with Crippen molar-refractivity contribution in [3.8, 4) is 0 Å². The van der Waals surface area contributed by atoms with E-state index >= 15 is 0 Å². The van der Waals surface area contributed by atoms with Crippen LogP contribution in [-0.4, -0.2) is 40.4 Å². The summed E-state index contributed by atoms with van der Waals surface area (Å²) < 4.78 is 5.24. The number of hydrogen-bond acceptors (Lipinski definition) is 5. The van der Waals surface area contributed by atoms with Crippen LogP contribution in [0.25, 0.3) is 0 Å². The molecule has 8 heteroatoms. The molecule has 27 heavy (non-hydrogen) atoms. The minimum absolute atomic E-state index is 0.203. The van der Waals surface area contributed by atoms with Gasteiger partial charge in [-0.2, -0.15) is 0 Å². The van der Waals surface area contributed by atoms with Gasteiger partial charge in [0.05, 0.1) is 6.04 Å². The molecule has 3 rings (SSSR count). The first-order chi connectivity index (χ1) is 12.6. The maximum atomic E-state index is 12.8. The highest BCUT2D eigenvalue weighted by Gasteiger charge is 2.43. The van der Waals surface area contributed by atoms with Crippen LogP contribution >= 0.6 is 0 Å². The maximum Gasteiger partial charge on any atom is 0.412 e. The molecule has 1 saturated heterocycles. The fourth-order valence-corrected chi connectivity index (χ4v) is 3.43. The van der Waals surface area contributed by atoms with E-state index in [0.29, 0.717) is 17.7 Å². The number of hydrogen-bond donors (Lipinski definition) is 2. The Morgan fingerprint density at radius 1 is 1.26 bits per heavy atom. The van der Waals surface area contributed by atoms with E-state index in [1.54, 1.807) is 39.0 Å².